The number of rotatable bonds is 4. The van der Waals surface area contributed by atoms with Crippen LogP contribution in [0.2, 0.25) is 0 Å². The molecule has 0 saturated carbocycles. The molecule has 3 N–H and O–H groups in total. The van der Waals surface area contributed by atoms with Crippen LogP contribution in [0.5, 0.6) is 0 Å². The van der Waals surface area contributed by atoms with Crippen LogP contribution in [-0.2, 0) is 6.54 Å². The minimum absolute atomic E-state index is 0.00669. The summed E-state index contributed by atoms with van der Waals surface area (Å²) in [6.45, 7) is 0.271. The summed E-state index contributed by atoms with van der Waals surface area (Å²) in [5, 5.41) is 8.70. The summed E-state index contributed by atoms with van der Waals surface area (Å²) >= 11 is 1.45. The number of aromatic nitrogens is 3. The summed E-state index contributed by atoms with van der Waals surface area (Å²) in [4.78, 5) is 35.0. The number of carbonyl (C=O) groups is 1. The minimum atomic E-state index is -0.443. The van der Waals surface area contributed by atoms with Crippen molar-refractivity contribution in [1.29, 1.82) is 0 Å². The predicted octanol–water partition coefficient (Wildman–Crippen LogP) is 1.35. The van der Waals surface area contributed by atoms with Crippen molar-refractivity contribution < 1.29 is 4.79 Å². The van der Waals surface area contributed by atoms with Crippen molar-refractivity contribution in [3.8, 4) is 0 Å². The van der Waals surface area contributed by atoms with E-state index in [1.165, 1.54) is 11.3 Å². The second-order valence-corrected chi connectivity index (χ2v) is 5.37. The number of nitrogens with one attached hydrogen (secondary N) is 3. The molecule has 0 saturated heterocycles. The smallest absolute Gasteiger partial charge is 0.287 e. The summed E-state index contributed by atoms with van der Waals surface area (Å²) < 4.78 is 0. The number of fused-ring (bicyclic) bond motifs is 1. The summed E-state index contributed by atoms with van der Waals surface area (Å²) in [6.07, 6.45) is 0. The van der Waals surface area contributed by atoms with Crippen molar-refractivity contribution in [3.63, 3.8) is 0 Å². The van der Waals surface area contributed by atoms with Gasteiger partial charge in [0.2, 0.25) is 0 Å². The van der Waals surface area contributed by atoms with Gasteiger partial charge in [-0.2, -0.15) is 0 Å². The molecule has 0 radical (unpaired) electrons. The highest BCUT2D eigenvalue weighted by atomic mass is 32.1. The molecule has 1 amide bonds. The average Bonchev–Trinajstić information content (AvgIpc) is 3.00. The lowest BCUT2D eigenvalue weighted by Crippen LogP contribution is -2.27. The summed E-state index contributed by atoms with van der Waals surface area (Å²) in [7, 11) is 1.78. The van der Waals surface area contributed by atoms with Gasteiger partial charge in [0.05, 0.1) is 23.1 Å². The van der Waals surface area contributed by atoms with Crippen molar-refractivity contribution >= 4 is 33.3 Å². The second kappa shape index (κ2) is 5.94. The van der Waals surface area contributed by atoms with E-state index >= 15 is 0 Å². The van der Waals surface area contributed by atoms with Crippen LogP contribution >= 0.6 is 11.3 Å². The molecule has 8 heteroatoms. The number of amides is 1. The monoisotopic (exact) mass is 315 g/mol. The first-order valence-electron chi connectivity index (χ1n) is 6.57. The third kappa shape index (κ3) is 2.82. The van der Waals surface area contributed by atoms with Gasteiger partial charge in [0.1, 0.15) is 0 Å². The Kier molecular flexibility index (Phi) is 3.84. The lowest BCUT2D eigenvalue weighted by atomic mass is 10.2. The first-order chi connectivity index (χ1) is 10.7. The Hall–Kier alpha value is -2.74. The Labute approximate surface area is 129 Å². The molecule has 0 aliphatic rings. The predicted molar refractivity (Wildman–Crippen MR) is 85.2 cm³/mol. The van der Waals surface area contributed by atoms with Gasteiger partial charge in [0.15, 0.2) is 11.0 Å². The van der Waals surface area contributed by atoms with Crippen molar-refractivity contribution in [2.24, 2.45) is 0 Å². The molecule has 0 bridgehead atoms. The zero-order chi connectivity index (χ0) is 15.5. The molecule has 2 heterocycles. The van der Waals surface area contributed by atoms with Gasteiger partial charge >= 0.3 is 0 Å². The fraction of sp³-hybridized carbons (Fsp3) is 0.143. The molecule has 3 rings (SSSR count). The van der Waals surface area contributed by atoms with E-state index in [0.717, 1.165) is 10.8 Å². The van der Waals surface area contributed by atoms with E-state index in [-0.39, 0.29) is 17.9 Å². The van der Waals surface area contributed by atoms with Crippen LogP contribution < -0.4 is 16.2 Å². The van der Waals surface area contributed by atoms with E-state index in [1.807, 2.05) is 5.38 Å². The average molecular weight is 315 g/mol. The Morgan fingerprint density at radius 2 is 2.14 bits per heavy atom. The first-order valence-corrected chi connectivity index (χ1v) is 7.45. The molecule has 0 aliphatic carbocycles. The molecule has 0 spiro atoms. The number of thiazole rings is 1. The van der Waals surface area contributed by atoms with Gasteiger partial charge in [-0.25, -0.2) is 9.97 Å². The minimum Gasteiger partial charge on any atom is -0.365 e. The number of H-pyrrole nitrogens is 1. The van der Waals surface area contributed by atoms with Gasteiger partial charge in [-0.05, 0) is 12.1 Å². The van der Waals surface area contributed by atoms with E-state index in [2.05, 4.69) is 25.6 Å². The number of nitrogens with zero attached hydrogens (tertiary/aromatic N) is 2. The fourth-order valence-corrected chi connectivity index (χ4v) is 2.62. The number of anilines is 1. The maximum absolute atomic E-state index is 12.1. The molecule has 0 aliphatic heterocycles. The van der Waals surface area contributed by atoms with E-state index < -0.39 is 5.91 Å². The Balaban J connectivity index is 1.78. The van der Waals surface area contributed by atoms with Crippen LogP contribution in [0.3, 0.4) is 0 Å². The van der Waals surface area contributed by atoms with Crippen molar-refractivity contribution in [2.75, 3.05) is 12.4 Å². The quantitative estimate of drug-likeness (QED) is 0.675. The molecular weight excluding hydrogens is 302 g/mol. The van der Waals surface area contributed by atoms with Crippen LogP contribution in [0.1, 0.15) is 16.3 Å². The highest BCUT2D eigenvalue weighted by Gasteiger charge is 2.11. The van der Waals surface area contributed by atoms with Crippen molar-refractivity contribution in [1.82, 2.24) is 20.3 Å². The van der Waals surface area contributed by atoms with Crippen LogP contribution in [0.15, 0.2) is 34.4 Å². The number of hydrogen-bond donors (Lipinski definition) is 3. The molecule has 0 atom stereocenters. The largest absolute Gasteiger partial charge is 0.365 e. The second-order valence-electron chi connectivity index (χ2n) is 4.51. The maximum Gasteiger partial charge on any atom is 0.287 e. The molecule has 2 aromatic heterocycles. The number of aromatic amines is 1. The van der Waals surface area contributed by atoms with Gasteiger partial charge in [0, 0.05) is 12.4 Å². The van der Waals surface area contributed by atoms with E-state index in [9.17, 15) is 9.59 Å². The van der Waals surface area contributed by atoms with Crippen LogP contribution in [0.25, 0.3) is 10.9 Å². The molecule has 1 aromatic carbocycles. The number of carbonyl (C=O) groups excluding carboxylic acids is 1. The molecular formula is C14H13N5O2S. The SMILES string of the molecule is CNc1nc(CNC(=O)c2nc3ccccc3c(=O)[nH]2)cs1. The summed E-state index contributed by atoms with van der Waals surface area (Å²) in [5.41, 5.74) is 0.898. The molecule has 3 aromatic rings. The molecule has 7 nitrogen and oxygen atoms in total. The standard InChI is InChI=1S/C14H13N5O2S/c1-15-14-17-8(7-22-14)6-16-13(21)11-18-10-5-3-2-4-9(10)12(20)19-11/h2-5,7H,6H2,1H3,(H,15,17)(H,16,21)(H,18,19,20). The van der Waals surface area contributed by atoms with Gasteiger partial charge in [-0.15, -0.1) is 11.3 Å². The number of para-hydroxylation sites is 1. The molecule has 112 valence electrons. The van der Waals surface area contributed by atoms with E-state index in [0.29, 0.717) is 10.9 Å². The van der Waals surface area contributed by atoms with Crippen LogP contribution in [-0.4, -0.2) is 27.9 Å². The Morgan fingerprint density at radius 3 is 2.91 bits per heavy atom. The fourth-order valence-electron chi connectivity index (χ4n) is 1.95. The van der Waals surface area contributed by atoms with Crippen LogP contribution in [0.4, 0.5) is 5.13 Å². The third-order valence-electron chi connectivity index (χ3n) is 3.02. The van der Waals surface area contributed by atoms with Gasteiger partial charge < -0.3 is 15.6 Å². The lowest BCUT2D eigenvalue weighted by molar-refractivity contribution is 0.0940. The Bertz CT molecular complexity index is 886. The normalized spacial score (nSPS) is 10.6. The van der Waals surface area contributed by atoms with E-state index in [1.54, 1.807) is 31.3 Å². The summed E-state index contributed by atoms with van der Waals surface area (Å²) in [6, 6.07) is 6.88. The highest BCUT2D eigenvalue weighted by Crippen LogP contribution is 2.14. The molecule has 0 fully saturated rings. The summed E-state index contributed by atoms with van der Waals surface area (Å²) in [5.74, 6) is -0.449. The number of hydrogen-bond acceptors (Lipinski definition) is 6. The molecule has 0 unspecified atom stereocenters. The first kappa shape index (κ1) is 14.2. The zero-order valence-corrected chi connectivity index (χ0v) is 12.5. The van der Waals surface area contributed by atoms with Gasteiger partial charge in [0.25, 0.3) is 11.5 Å². The van der Waals surface area contributed by atoms with E-state index in [4.69, 9.17) is 0 Å². The Morgan fingerprint density at radius 1 is 1.32 bits per heavy atom. The maximum atomic E-state index is 12.1. The van der Waals surface area contributed by atoms with Gasteiger partial charge in [-0.1, -0.05) is 12.1 Å². The van der Waals surface area contributed by atoms with Crippen molar-refractivity contribution in [2.45, 2.75) is 6.54 Å². The highest BCUT2D eigenvalue weighted by molar-refractivity contribution is 7.13. The van der Waals surface area contributed by atoms with Crippen LogP contribution in [0, 0.1) is 0 Å². The van der Waals surface area contributed by atoms with Gasteiger partial charge in [-0.3, -0.25) is 9.59 Å². The number of benzene rings is 1. The topological polar surface area (TPSA) is 99.8 Å². The third-order valence-corrected chi connectivity index (χ3v) is 3.93. The molecule has 22 heavy (non-hydrogen) atoms. The zero-order valence-electron chi connectivity index (χ0n) is 11.7. The lowest BCUT2D eigenvalue weighted by Gasteiger charge is -2.04. The van der Waals surface area contributed by atoms with Crippen molar-refractivity contribution in [3.05, 3.63) is 51.5 Å².